The quantitative estimate of drug-likeness (QED) is 0.294. The second-order valence-corrected chi connectivity index (χ2v) is 8.28. The molecule has 0 saturated heterocycles. The number of esters is 2. The molecule has 0 aromatic heterocycles. The average molecular weight is 472 g/mol. The number of fused-ring (bicyclic) bond motifs is 1. The van der Waals surface area contributed by atoms with Gasteiger partial charge in [-0.1, -0.05) is 6.92 Å². The first-order chi connectivity index (χ1) is 16.2. The van der Waals surface area contributed by atoms with Crippen molar-refractivity contribution in [3.8, 4) is 11.5 Å². The Kier molecular flexibility index (Phi) is 6.03. The third-order valence-corrected chi connectivity index (χ3v) is 6.27. The number of hydrogen-bond acceptors (Lipinski definition) is 10. The molecule has 2 heterocycles. The van der Waals surface area contributed by atoms with Crippen LogP contribution in [0.2, 0.25) is 0 Å². The first-order valence-corrected chi connectivity index (χ1v) is 10.8. The summed E-state index contributed by atoms with van der Waals surface area (Å²) in [4.78, 5) is 50.7. The van der Waals surface area contributed by atoms with Crippen LogP contribution in [-0.4, -0.2) is 43.2 Å². The number of dihydropyridines is 1. The summed E-state index contributed by atoms with van der Waals surface area (Å²) in [6, 6.07) is 2.62. The summed E-state index contributed by atoms with van der Waals surface area (Å²) in [6.07, 6.45) is 0.309. The van der Waals surface area contributed by atoms with Gasteiger partial charge in [0.2, 0.25) is 6.79 Å². The van der Waals surface area contributed by atoms with E-state index < -0.39 is 34.5 Å². The van der Waals surface area contributed by atoms with E-state index in [9.17, 15) is 24.5 Å². The molecule has 1 aromatic carbocycles. The van der Waals surface area contributed by atoms with Gasteiger partial charge in [0.15, 0.2) is 17.3 Å². The topological polar surface area (TPSA) is 143 Å². The number of nitro groups is 1. The number of rotatable bonds is 5. The van der Waals surface area contributed by atoms with Crippen molar-refractivity contribution in [3.63, 3.8) is 0 Å². The van der Waals surface area contributed by atoms with Gasteiger partial charge in [-0.25, -0.2) is 4.79 Å². The molecule has 2 aliphatic heterocycles. The highest BCUT2D eigenvalue weighted by Gasteiger charge is 2.49. The first-order valence-electron chi connectivity index (χ1n) is 10.8. The lowest BCUT2D eigenvalue weighted by Gasteiger charge is -2.38. The third-order valence-electron chi connectivity index (χ3n) is 6.27. The second-order valence-electron chi connectivity index (χ2n) is 8.28. The normalized spacial score (nSPS) is 23.3. The van der Waals surface area contributed by atoms with Crippen LogP contribution in [0.15, 0.2) is 34.7 Å². The molecule has 1 aromatic rings. The predicted octanol–water partition coefficient (Wildman–Crippen LogP) is 2.50. The number of hydrogen-bond donors (Lipinski definition) is 1. The lowest BCUT2D eigenvalue weighted by atomic mass is 9.69. The Morgan fingerprint density at radius 2 is 1.94 bits per heavy atom. The molecule has 0 bridgehead atoms. The molecule has 0 saturated carbocycles. The van der Waals surface area contributed by atoms with Crippen LogP contribution >= 0.6 is 0 Å². The van der Waals surface area contributed by atoms with E-state index in [1.54, 1.807) is 20.8 Å². The Morgan fingerprint density at radius 1 is 1.26 bits per heavy atom. The van der Waals surface area contributed by atoms with Crippen molar-refractivity contribution in [3.05, 3.63) is 50.4 Å². The van der Waals surface area contributed by atoms with E-state index in [1.807, 2.05) is 0 Å². The van der Waals surface area contributed by atoms with Crippen LogP contribution in [0.5, 0.6) is 11.5 Å². The molecule has 1 aliphatic carbocycles. The molecule has 0 spiro atoms. The van der Waals surface area contributed by atoms with Crippen LogP contribution in [0, 0.1) is 22.0 Å². The van der Waals surface area contributed by atoms with E-state index in [1.165, 1.54) is 19.2 Å². The Bertz CT molecular complexity index is 1170. The minimum absolute atomic E-state index is 0.0501. The molecule has 0 unspecified atom stereocenters. The number of benzene rings is 1. The maximum atomic E-state index is 13.7. The van der Waals surface area contributed by atoms with Gasteiger partial charge < -0.3 is 24.3 Å². The van der Waals surface area contributed by atoms with E-state index in [-0.39, 0.29) is 53.2 Å². The van der Waals surface area contributed by atoms with Gasteiger partial charge in [0.25, 0.3) is 5.69 Å². The molecule has 0 fully saturated rings. The van der Waals surface area contributed by atoms with Gasteiger partial charge in [-0.15, -0.1) is 0 Å². The van der Waals surface area contributed by atoms with E-state index >= 15 is 0 Å². The molecule has 0 radical (unpaired) electrons. The van der Waals surface area contributed by atoms with Gasteiger partial charge in [-0.05, 0) is 32.3 Å². The summed E-state index contributed by atoms with van der Waals surface area (Å²) in [7, 11) is 1.19. The highest BCUT2D eigenvalue weighted by atomic mass is 16.7. The standard InChI is InChI=1S/C23H24N2O9/c1-5-32-23(28)18-11(3)24-13-6-10(2)17(22(27)31-4)21(26)20(13)19(18)12-7-15-16(34-9-33-15)8-14(12)25(29)30/h7-8,10,17,19,24H,5-6,9H2,1-4H3/t10-,17+,19+/m0/s1. The minimum atomic E-state index is -1.16. The van der Waals surface area contributed by atoms with Gasteiger partial charge in [-0.2, -0.15) is 0 Å². The molecule has 180 valence electrons. The van der Waals surface area contributed by atoms with E-state index in [4.69, 9.17) is 18.9 Å². The summed E-state index contributed by atoms with van der Waals surface area (Å²) in [6.45, 7) is 4.98. The molecule has 3 atom stereocenters. The Morgan fingerprint density at radius 3 is 2.56 bits per heavy atom. The Labute approximate surface area is 194 Å². The van der Waals surface area contributed by atoms with Crippen molar-refractivity contribution in [2.75, 3.05) is 20.5 Å². The summed E-state index contributed by atoms with van der Waals surface area (Å²) in [5.74, 6) is -4.18. The molecule has 0 amide bonds. The SMILES string of the molecule is CCOC(=O)C1=C(C)NC2=C(C(=O)[C@H](C(=O)OC)[C@@H](C)C2)[C@@H]1c1cc2c(cc1[N+](=O)[O-])OCO2. The number of allylic oxidation sites excluding steroid dienone is 3. The third kappa shape index (κ3) is 3.66. The Hall–Kier alpha value is -3.89. The largest absolute Gasteiger partial charge is 0.468 e. The van der Waals surface area contributed by atoms with Gasteiger partial charge >= 0.3 is 11.9 Å². The first kappa shape index (κ1) is 23.3. The number of nitrogens with zero attached hydrogens (tertiary/aromatic N) is 1. The van der Waals surface area contributed by atoms with Gasteiger partial charge in [0, 0.05) is 22.5 Å². The zero-order chi connectivity index (χ0) is 24.7. The minimum Gasteiger partial charge on any atom is -0.468 e. The van der Waals surface area contributed by atoms with Crippen LogP contribution in [0.25, 0.3) is 0 Å². The van der Waals surface area contributed by atoms with Crippen LogP contribution < -0.4 is 14.8 Å². The molecule has 34 heavy (non-hydrogen) atoms. The number of methoxy groups -OCH3 is 1. The van der Waals surface area contributed by atoms with Crippen molar-refractivity contribution >= 4 is 23.4 Å². The number of carbonyl (C=O) groups excluding carboxylic acids is 3. The fraction of sp³-hybridized carbons (Fsp3) is 0.435. The van der Waals surface area contributed by atoms with Crippen molar-refractivity contribution < 1.29 is 38.3 Å². The van der Waals surface area contributed by atoms with E-state index in [0.717, 1.165) is 0 Å². The molecule has 11 heteroatoms. The summed E-state index contributed by atoms with van der Waals surface area (Å²) < 4.78 is 20.8. The maximum Gasteiger partial charge on any atom is 0.336 e. The molecular formula is C23H24N2O9. The van der Waals surface area contributed by atoms with Gasteiger partial charge in [0.1, 0.15) is 5.92 Å². The molecule has 1 N–H and O–H groups in total. The lowest BCUT2D eigenvalue weighted by Crippen LogP contribution is -2.43. The van der Waals surface area contributed by atoms with E-state index in [2.05, 4.69) is 5.32 Å². The summed E-state index contributed by atoms with van der Waals surface area (Å²) in [5.41, 5.74) is 0.778. The maximum absolute atomic E-state index is 13.7. The number of ketones is 1. The summed E-state index contributed by atoms with van der Waals surface area (Å²) in [5, 5.41) is 15.2. The lowest BCUT2D eigenvalue weighted by molar-refractivity contribution is -0.385. The Balaban J connectivity index is 1.98. The fourth-order valence-electron chi connectivity index (χ4n) is 4.81. The van der Waals surface area contributed by atoms with Crippen molar-refractivity contribution in [2.24, 2.45) is 11.8 Å². The van der Waals surface area contributed by atoms with Crippen LogP contribution in [0.4, 0.5) is 5.69 Å². The van der Waals surface area contributed by atoms with Gasteiger partial charge in [-0.3, -0.25) is 19.7 Å². The number of carbonyl (C=O) groups is 3. The van der Waals surface area contributed by atoms with Crippen LogP contribution in [-0.2, 0) is 23.9 Å². The monoisotopic (exact) mass is 472 g/mol. The van der Waals surface area contributed by atoms with Crippen molar-refractivity contribution in [2.45, 2.75) is 33.1 Å². The van der Waals surface area contributed by atoms with E-state index in [0.29, 0.717) is 17.8 Å². The van der Waals surface area contributed by atoms with Crippen LogP contribution in [0.1, 0.15) is 38.7 Å². The van der Waals surface area contributed by atoms with Crippen LogP contribution in [0.3, 0.4) is 0 Å². The molecule has 4 rings (SSSR count). The second kappa shape index (κ2) is 8.81. The highest BCUT2D eigenvalue weighted by Crippen LogP contribution is 2.50. The van der Waals surface area contributed by atoms with Gasteiger partial charge in [0.05, 0.1) is 36.2 Å². The summed E-state index contributed by atoms with van der Waals surface area (Å²) >= 11 is 0. The number of nitro benzene ring substituents is 1. The zero-order valence-electron chi connectivity index (χ0n) is 19.1. The number of Topliss-reactive ketones (excluding diaryl/α,β-unsaturated/α-hetero) is 1. The average Bonchev–Trinajstić information content (AvgIpc) is 3.24. The molecule has 3 aliphatic rings. The fourth-order valence-corrected chi connectivity index (χ4v) is 4.81. The zero-order valence-corrected chi connectivity index (χ0v) is 19.1. The van der Waals surface area contributed by atoms with Crippen molar-refractivity contribution in [1.29, 1.82) is 0 Å². The smallest absolute Gasteiger partial charge is 0.336 e. The molecular weight excluding hydrogens is 448 g/mol. The highest BCUT2D eigenvalue weighted by molar-refractivity contribution is 6.12. The number of nitrogens with one attached hydrogen (secondary N) is 1. The predicted molar refractivity (Wildman–Crippen MR) is 116 cm³/mol. The van der Waals surface area contributed by atoms with Crippen molar-refractivity contribution in [1.82, 2.24) is 5.32 Å². The number of ether oxygens (including phenoxy) is 4. The molecule has 11 nitrogen and oxygen atoms in total.